The first kappa shape index (κ1) is 22.1. The molecule has 1 heterocycles. The Balaban J connectivity index is 3.00. The van der Waals surface area contributed by atoms with Gasteiger partial charge in [-0.2, -0.15) is 0 Å². The molecule has 24 heavy (non-hydrogen) atoms. The standard InChI is InChI=1S/C14H34O6Si4/c1-21(2,3)18-24(19-22(4,5)6,20-23(7,8)9)11-10-13-12-16-14(15)17-13/h13H,10-12H2,1-9H3. The monoisotopic (exact) mass is 410 g/mol. The van der Waals surface area contributed by atoms with Gasteiger partial charge in [0.15, 0.2) is 25.0 Å². The first-order chi connectivity index (χ1) is 10.6. The minimum Gasteiger partial charge on any atom is -0.430 e. The molecule has 1 saturated heterocycles. The van der Waals surface area contributed by atoms with Crippen LogP contribution < -0.4 is 0 Å². The Hall–Kier alpha value is 0.0175. The number of carbonyl (C=O) groups excluding carboxylic acids is 1. The van der Waals surface area contributed by atoms with Gasteiger partial charge in [-0.1, -0.05) is 0 Å². The van der Waals surface area contributed by atoms with Gasteiger partial charge in [-0.05, 0) is 65.3 Å². The van der Waals surface area contributed by atoms with E-state index in [9.17, 15) is 4.79 Å². The molecule has 0 aromatic carbocycles. The van der Waals surface area contributed by atoms with Gasteiger partial charge in [0.2, 0.25) is 0 Å². The minimum atomic E-state index is -2.85. The maximum absolute atomic E-state index is 11.2. The molecule has 0 spiro atoms. The summed E-state index contributed by atoms with van der Waals surface area (Å²) in [4.78, 5) is 11.2. The molecule has 142 valence electrons. The number of hydrogen-bond donors (Lipinski definition) is 0. The first-order valence-corrected chi connectivity index (χ1v) is 20.7. The van der Waals surface area contributed by atoms with Crippen molar-refractivity contribution in [1.82, 2.24) is 0 Å². The summed E-state index contributed by atoms with van der Waals surface area (Å²) in [7, 11) is -8.45. The van der Waals surface area contributed by atoms with Crippen molar-refractivity contribution in [3.05, 3.63) is 0 Å². The van der Waals surface area contributed by atoms with E-state index in [1.54, 1.807) is 0 Å². The molecular weight excluding hydrogens is 376 g/mol. The molecule has 0 N–H and O–H groups in total. The van der Waals surface area contributed by atoms with Crippen LogP contribution in [-0.2, 0) is 21.8 Å². The number of hydrogen-bond acceptors (Lipinski definition) is 6. The van der Waals surface area contributed by atoms with Crippen molar-refractivity contribution in [2.45, 2.75) is 77.5 Å². The zero-order valence-electron chi connectivity index (χ0n) is 16.6. The smallest absolute Gasteiger partial charge is 0.430 e. The minimum absolute atomic E-state index is 0.231. The van der Waals surface area contributed by atoms with Gasteiger partial charge in [-0.15, -0.1) is 0 Å². The van der Waals surface area contributed by atoms with E-state index in [0.717, 1.165) is 0 Å². The molecule has 10 heteroatoms. The predicted molar refractivity (Wildman–Crippen MR) is 105 cm³/mol. The van der Waals surface area contributed by atoms with Gasteiger partial charge >= 0.3 is 15.0 Å². The number of carbonyl (C=O) groups is 1. The number of ether oxygens (including phenoxy) is 2. The van der Waals surface area contributed by atoms with Crippen molar-refractivity contribution in [1.29, 1.82) is 0 Å². The predicted octanol–water partition coefficient (Wildman–Crippen LogP) is 4.41. The highest BCUT2D eigenvalue weighted by molar-refractivity contribution is 6.90. The largest absolute Gasteiger partial charge is 0.508 e. The first-order valence-electron chi connectivity index (χ1n) is 8.53. The Bertz CT molecular complexity index is 397. The summed E-state index contributed by atoms with van der Waals surface area (Å²) >= 11 is 0. The Kier molecular flexibility index (Phi) is 7.10. The molecule has 1 fully saturated rings. The third kappa shape index (κ3) is 8.92. The molecule has 0 bridgehead atoms. The Morgan fingerprint density at radius 3 is 1.58 bits per heavy atom. The summed E-state index contributed by atoms with van der Waals surface area (Å²) in [5, 5.41) is 0. The highest BCUT2D eigenvalue weighted by Gasteiger charge is 2.50. The normalized spacial score (nSPS) is 20.0. The molecule has 0 radical (unpaired) electrons. The SMILES string of the molecule is C[Si](C)(C)O[Si](CCC1COC(=O)O1)(O[Si](C)(C)C)O[Si](C)(C)C. The zero-order valence-corrected chi connectivity index (χ0v) is 20.6. The van der Waals surface area contributed by atoms with Crippen LogP contribution in [0.4, 0.5) is 4.79 Å². The zero-order chi connectivity index (χ0) is 18.8. The van der Waals surface area contributed by atoms with E-state index in [1.165, 1.54) is 0 Å². The van der Waals surface area contributed by atoms with Crippen molar-refractivity contribution >= 4 is 39.9 Å². The van der Waals surface area contributed by atoms with E-state index >= 15 is 0 Å². The summed E-state index contributed by atoms with van der Waals surface area (Å²) in [5.74, 6) is 0. The van der Waals surface area contributed by atoms with Crippen LogP contribution in [0, 0.1) is 0 Å². The third-order valence-electron chi connectivity index (χ3n) is 2.81. The van der Waals surface area contributed by atoms with Crippen molar-refractivity contribution in [2.24, 2.45) is 0 Å². The average molecular weight is 411 g/mol. The lowest BCUT2D eigenvalue weighted by Gasteiger charge is -2.43. The summed E-state index contributed by atoms with van der Waals surface area (Å²) in [6, 6.07) is 0.660. The van der Waals surface area contributed by atoms with Crippen LogP contribution in [0.25, 0.3) is 0 Å². The van der Waals surface area contributed by atoms with Crippen molar-refractivity contribution in [2.75, 3.05) is 6.61 Å². The van der Waals surface area contributed by atoms with Gasteiger partial charge in [0.1, 0.15) is 12.7 Å². The lowest BCUT2D eigenvalue weighted by molar-refractivity contribution is 0.115. The van der Waals surface area contributed by atoms with Gasteiger partial charge in [0.25, 0.3) is 0 Å². The summed E-state index contributed by atoms with van der Waals surface area (Å²) in [6.07, 6.45) is -0.169. The molecule has 0 aliphatic carbocycles. The van der Waals surface area contributed by atoms with Crippen LogP contribution in [-0.4, -0.2) is 52.6 Å². The number of rotatable bonds is 9. The molecule has 6 nitrogen and oxygen atoms in total. The number of cyclic esters (lactones) is 2. The highest BCUT2D eigenvalue weighted by Crippen LogP contribution is 2.31. The fourth-order valence-electron chi connectivity index (χ4n) is 2.46. The highest BCUT2D eigenvalue weighted by atomic mass is 28.5. The molecule has 0 aromatic rings. The van der Waals surface area contributed by atoms with E-state index in [2.05, 4.69) is 58.9 Å². The van der Waals surface area contributed by atoms with Crippen molar-refractivity contribution in [3.8, 4) is 0 Å². The van der Waals surface area contributed by atoms with Crippen LogP contribution in [0.2, 0.25) is 65.0 Å². The molecular formula is C14H34O6Si4. The fraction of sp³-hybridized carbons (Fsp3) is 0.929. The van der Waals surface area contributed by atoms with Crippen LogP contribution in [0.5, 0.6) is 0 Å². The lowest BCUT2D eigenvalue weighted by Crippen LogP contribution is -2.60. The van der Waals surface area contributed by atoms with E-state index < -0.39 is 39.9 Å². The van der Waals surface area contributed by atoms with E-state index in [4.69, 9.17) is 21.8 Å². The molecule has 0 saturated carbocycles. The summed E-state index contributed by atoms with van der Waals surface area (Å²) < 4.78 is 29.8. The van der Waals surface area contributed by atoms with Gasteiger partial charge in [0.05, 0.1) is 0 Å². The van der Waals surface area contributed by atoms with Crippen LogP contribution in [0.1, 0.15) is 6.42 Å². The van der Waals surface area contributed by atoms with Crippen LogP contribution in [0.3, 0.4) is 0 Å². The van der Waals surface area contributed by atoms with Gasteiger partial charge in [-0.25, -0.2) is 4.79 Å². The molecule has 1 aliphatic heterocycles. The van der Waals surface area contributed by atoms with Gasteiger partial charge in [-0.3, -0.25) is 0 Å². The van der Waals surface area contributed by atoms with E-state index in [0.29, 0.717) is 19.1 Å². The third-order valence-corrected chi connectivity index (χ3v) is 14.8. The van der Waals surface area contributed by atoms with Crippen LogP contribution >= 0.6 is 0 Å². The molecule has 1 rings (SSSR count). The molecule has 1 atom stereocenters. The van der Waals surface area contributed by atoms with E-state index in [1.807, 2.05) is 0 Å². The lowest BCUT2D eigenvalue weighted by atomic mass is 10.3. The van der Waals surface area contributed by atoms with Gasteiger partial charge in [0, 0.05) is 6.04 Å². The second-order valence-corrected chi connectivity index (χ2v) is 26.2. The Labute approximate surface area is 150 Å². The Morgan fingerprint density at radius 2 is 1.29 bits per heavy atom. The summed E-state index contributed by atoms with van der Waals surface area (Å²) in [5.41, 5.74) is 0. The maximum atomic E-state index is 11.2. The topological polar surface area (TPSA) is 63.2 Å². The fourth-order valence-corrected chi connectivity index (χ4v) is 17.2. The summed E-state index contributed by atoms with van der Waals surface area (Å²) in [6.45, 7) is 19.8. The Morgan fingerprint density at radius 1 is 0.875 bits per heavy atom. The van der Waals surface area contributed by atoms with Crippen molar-refractivity contribution in [3.63, 3.8) is 0 Å². The molecule has 0 amide bonds. The second kappa shape index (κ2) is 7.72. The van der Waals surface area contributed by atoms with E-state index in [-0.39, 0.29) is 6.10 Å². The van der Waals surface area contributed by atoms with Crippen LogP contribution in [0.15, 0.2) is 0 Å². The molecule has 0 aromatic heterocycles. The molecule has 1 aliphatic rings. The van der Waals surface area contributed by atoms with Crippen molar-refractivity contribution < 1.29 is 26.6 Å². The molecule has 1 unspecified atom stereocenters. The van der Waals surface area contributed by atoms with Gasteiger partial charge < -0.3 is 21.8 Å². The second-order valence-electron chi connectivity index (χ2n) is 9.17. The maximum Gasteiger partial charge on any atom is 0.508 e. The quantitative estimate of drug-likeness (QED) is 0.414. The average Bonchev–Trinajstić information content (AvgIpc) is 2.65.